The van der Waals surface area contributed by atoms with Crippen LogP contribution in [-0.2, 0) is 11.2 Å². The molecule has 0 aromatic heterocycles. The van der Waals surface area contributed by atoms with E-state index in [-0.39, 0.29) is 18.9 Å². The molecule has 86 valence electrons. The van der Waals surface area contributed by atoms with Crippen LogP contribution in [0.3, 0.4) is 0 Å². The van der Waals surface area contributed by atoms with E-state index in [1.54, 1.807) is 6.07 Å². The molecular weight excluding hydrogens is 219 g/mol. The predicted molar refractivity (Wildman–Crippen MR) is 61.3 cm³/mol. The van der Waals surface area contributed by atoms with Gasteiger partial charge in [0.1, 0.15) is 5.82 Å². The van der Waals surface area contributed by atoms with E-state index in [4.69, 9.17) is 5.26 Å². The SMILES string of the molecule is CC(=O)NCC#Cc1ccc(F)c(CC#N)c1. The number of amides is 1. The zero-order valence-corrected chi connectivity index (χ0v) is 9.38. The zero-order chi connectivity index (χ0) is 12.7. The quantitative estimate of drug-likeness (QED) is 0.780. The maximum absolute atomic E-state index is 13.2. The van der Waals surface area contributed by atoms with Gasteiger partial charge in [0.15, 0.2) is 0 Å². The minimum absolute atomic E-state index is 0.0209. The van der Waals surface area contributed by atoms with Crippen molar-refractivity contribution in [1.29, 1.82) is 5.26 Å². The van der Waals surface area contributed by atoms with Gasteiger partial charge in [-0.1, -0.05) is 11.8 Å². The number of nitriles is 1. The lowest BCUT2D eigenvalue weighted by molar-refractivity contribution is -0.118. The van der Waals surface area contributed by atoms with E-state index in [1.807, 2.05) is 6.07 Å². The lowest BCUT2D eigenvalue weighted by atomic mass is 10.1. The first-order valence-electron chi connectivity index (χ1n) is 5.02. The molecule has 0 aliphatic rings. The highest BCUT2D eigenvalue weighted by Crippen LogP contribution is 2.10. The van der Waals surface area contributed by atoms with Crippen LogP contribution in [0, 0.1) is 29.0 Å². The van der Waals surface area contributed by atoms with Gasteiger partial charge in [0.05, 0.1) is 19.0 Å². The summed E-state index contributed by atoms with van der Waals surface area (Å²) in [4.78, 5) is 10.6. The molecule has 0 spiro atoms. The number of halogens is 1. The van der Waals surface area contributed by atoms with Gasteiger partial charge in [-0.2, -0.15) is 5.26 Å². The second kappa shape index (κ2) is 6.30. The minimum atomic E-state index is -0.404. The monoisotopic (exact) mass is 230 g/mol. The van der Waals surface area contributed by atoms with Gasteiger partial charge < -0.3 is 5.32 Å². The number of benzene rings is 1. The van der Waals surface area contributed by atoms with Gasteiger partial charge in [-0.25, -0.2) is 4.39 Å². The molecule has 0 bridgehead atoms. The number of nitrogens with zero attached hydrogens (tertiary/aromatic N) is 1. The molecule has 1 N–H and O–H groups in total. The van der Waals surface area contributed by atoms with Crippen molar-refractivity contribution in [3.8, 4) is 17.9 Å². The van der Waals surface area contributed by atoms with Crippen molar-refractivity contribution in [1.82, 2.24) is 5.32 Å². The van der Waals surface area contributed by atoms with Crippen LogP contribution in [0.2, 0.25) is 0 Å². The van der Waals surface area contributed by atoms with E-state index in [1.165, 1.54) is 19.1 Å². The lowest BCUT2D eigenvalue weighted by Crippen LogP contribution is -2.19. The Kier molecular flexibility index (Phi) is 4.72. The van der Waals surface area contributed by atoms with E-state index >= 15 is 0 Å². The zero-order valence-electron chi connectivity index (χ0n) is 9.38. The largest absolute Gasteiger partial charge is 0.345 e. The molecule has 0 aliphatic carbocycles. The number of nitrogens with one attached hydrogen (secondary N) is 1. The number of hydrogen-bond donors (Lipinski definition) is 1. The van der Waals surface area contributed by atoms with Gasteiger partial charge in [0.25, 0.3) is 0 Å². The molecule has 0 heterocycles. The van der Waals surface area contributed by atoms with E-state index in [0.29, 0.717) is 11.1 Å². The average Bonchev–Trinajstić information content (AvgIpc) is 2.28. The molecule has 17 heavy (non-hydrogen) atoms. The number of hydrogen-bond acceptors (Lipinski definition) is 2. The van der Waals surface area contributed by atoms with Crippen molar-refractivity contribution in [2.45, 2.75) is 13.3 Å². The number of rotatable bonds is 2. The Morgan fingerprint density at radius 1 is 1.53 bits per heavy atom. The molecule has 0 saturated heterocycles. The fraction of sp³-hybridized carbons (Fsp3) is 0.231. The van der Waals surface area contributed by atoms with Crippen molar-refractivity contribution in [3.63, 3.8) is 0 Å². The van der Waals surface area contributed by atoms with Gasteiger partial charge in [-0.3, -0.25) is 4.79 Å². The highest BCUT2D eigenvalue weighted by molar-refractivity contribution is 5.73. The summed E-state index contributed by atoms with van der Waals surface area (Å²) in [7, 11) is 0. The topological polar surface area (TPSA) is 52.9 Å². The molecule has 1 amide bonds. The first-order chi connectivity index (χ1) is 8.13. The van der Waals surface area contributed by atoms with Crippen LogP contribution in [-0.4, -0.2) is 12.5 Å². The smallest absolute Gasteiger partial charge is 0.217 e. The third-order valence-electron chi connectivity index (χ3n) is 1.97. The van der Waals surface area contributed by atoms with Crippen molar-refractivity contribution in [2.75, 3.05) is 6.54 Å². The summed E-state index contributed by atoms with van der Waals surface area (Å²) in [5.74, 6) is 4.97. The average molecular weight is 230 g/mol. The Bertz CT molecular complexity index is 520. The second-order valence-corrected chi connectivity index (χ2v) is 3.35. The van der Waals surface area contributed by atoms with E-state index in [2.05, 4.69) is 17.2 Å². The van der Waals surface area contributed by atoms with Crippen LogP contribution in [0.1, 0.15) is 18.1 Å². The summed E-state index contributed by atoms with van der Waals surface area (Å²) >= 11 is 0. The number of carbonyl (C=O) groups excluding carboxylic acids is 1. The van der Waals surface area contributed by atoms with E-state index < -0.39 is 5.82 Å². The maximum atomic E-state index is 13.2. The highest BCUT2D eigenvalue weighted by Gasteiger charge is 2.01. The number of carbonyl (C=O) groups is 1. The molecule has 0 fully saturated rings. The third kappa shape index (κ3) is 4.36. The summed E-state index contributed by atoms with van der Waals surface area (Å²) in [5, 5.41) is 11.0. The fourth-order valence-electron chi connectivity index (χ4n) is 1.19. The minimum Gasteiger partial charge on any atom is -0.345 e. The van der Waals surface area contributed by atoms with Crippen molar-refractivity contribution in [3.05, 3.63) is 35.1 Å². The summed E-state index contributed by atoms with van der Waals surface area (Å²) < 4.78 is 13.2. The highest BCUT2D eigenvalue weighted by atomic mass is 19.1. The first-order valence-corrected chi connectivity index (χ1v) is 5.02. The van der Waals surface area contributed by atoms with Crippen LogP contribution in [0.25, 0.3) is 0 Å². The molecule has 3 nitrogen and oxygen atoms in total. The Morgan fingerprint density at radius 2 is 2.29 bits per heavy atom. The fourth-order valence-corrected chi connectivity index (χ4v) is 1.19. The van der Waals surface area contributed by atoms with Crippen LogP contribution in [0.4, 0.5) is 4.39 Å². The van der Waals surface area contributed by atoms with E-state index in [9.17, 15) is 9.18 Å². The van der Waals surface area contributed by atoms with Crippen molar-refractivity contribution < 1.29 is 9.18 Å². The molecular formula is C13H11FN2O. The Balaban J connectivity index is 2.75. The first kappa shape index (κ1) is 12.7. The second-order valence-electron chi connectivity index (χ2n) is 3.35. The molecule has 0 saturated carbocycles. The molecule has 1 aromatic rings. The molecule has 1 aromatic carbocycles. The molecule has 0 unspecified atom stereocenters. The molecule has 1 rings (SSSR count). The molecule has 0 radical (unpaired) electrons. The molecule has 0 aliphatic heterocycles. The van der Waals surface area contributed by atoms with Crippen LogP contribution in [0.5, 0.6) is 0 Å². The van der Waals surface area contributed by atoms with Gasteiger partial charge in [0.2, 0.25) is 5.91 Å². The van der Waals surface area contributed by atoms with Gasteiger partial charge >= 0.3 is 0 Å². The predicted octanol–water partition coefficient (Wildman–Crippen LogP) is 1.38. The maximum Gasteiger partial charge on any atom is 0.217 e. The molecule has 4 heteroatoms. The summed E-state index contributed by atoms with van der Waals surface area (Å²) in [5.41, 5.74) is 0.959. The van der Waals surface area contributed by atoms with Crippen molar-refractivity contribution >= 4 is 5.91 Å². The van der Waals surface area contributed by atoms with Gasteiger partial charge in [-0.15, -0.1) is 0 Å². The van der Waals surface area contributed by atoms with E-state index in [0.717, 1.165) is 0 Å². The van der Waals surface area contributed by atoms with Crippen LogP contribution < -0.4 is 5.32 Å². The lowest BCUT2D eigenvalue weighted by Gasteiger charge is -1.98. The van der Waals surface area contributed by atoms with Crippen molar-refractivity contribution in [2.24, 2.45) is 0 Å². The van der Waals surface area contributed by atoms with Gasteiger partial charge in [-0.05, 0) is 18.2 Å². The third-order valence-corrected chi connectivity index (χ3v) is 1.97. The van der Waals surface area contributed by atoms with Crippen LogP contribution in [0.15, 0.2) is 18.2 Å². The van der Waals surface area contributed by atoms with Crippen LogP contribution >= 0.6 is 0 Å². The van der Waals surface area contributed by atoms with Gasteiger partial charge in [0, 0.05) is 18.1 Å². The normalized spacial score (nSPS) is 8.76. The molecule has 0 atom stereocenters. The Hall–Kier alpha value is -2.33. The summed E-state index contributed by atoms with van der Waals surface area (Å²) in [6.45, 7) is 1.66. The standard InChI is InChI=1S/C13H11FN2O/c1-10(17)16-8-2-3-11-4-5-13(14)12(9-11)6-7-15/h4-5,9H,6,8H2,1H3,(H,16,17). The Labute approximate surface area is 99.3 Å². The summed E-state index contributed by atoms with van der Waals surface area (Å²) in [6, 6.07) is 6.26. The summed E-state index contributed by atoms with van der Waals surface area (Å²) in [6.07, 6.45) is 0.0209. The Morgan fingerprint density at radius 3 is 2.94 bits per heavy atom.